The molecule has 0 heterocycles. The lowest BCUT2D eigenvalue weighted by molar-refractivity contribution is 0.453. The fourth-order valence-corrected chi connectivity index (χ4v) is 0.838. The van der Waals surface area contributed by atoms with E-state index in [1.807, 2.05) is 0 Å². The zero-order valence-corrected chi connectivity index (χ0v) is 7.41. The summed E-state index contributed by atoms with van der Waals surface area (Å²) in [6, 6.07) is 1.40. The number of hydrogen-bond acceptors (Lipinski definition) is 2. The van der Waals surface area contributed by atoms with E-state index >= 15 is 0 Å². The van der Waals surface area contributed by atoms with E-state index in [9.17, 15) is 8.78 Å². The molecule has 0 spiro atoms. The van der Waals surface area contributed by atoms with Crippen LogP contribution in [0, 0.1) is 23.5 Å². The molecular weight excluding hydrogens is 204 g/mol. The van der Waals surface area contributed by atoms with Crippen molar-refractivity contribution in [3.63, 3.8) is 0 Å². The Labute approximate surface area is 83.8 Å². The van der Waals surface area contributed by atoms with Crippen LogP contribution in [-0.4, -0.2) is 11.7 Å². The van der Waals surface area contributed by atoms with Gasteiger partial charge in [-0.05, 0) is 11.6 Å². The number of benzene rings is 1. The first kappa shape index (κ1) is 10.8. The number of phenolic OH excluding ortho intramolecular Hbond substituents is 1. The average molecular weight is 209 g/mol. The lowest BCUT2D eigenvalue weighted by Crippen LogP contribution is -1.86. The van der Waals surface area contributed by atoms with Crippen LogP contribution in [0.3, 0.4) is 0 Å². The number of phenols is 1. The average Bonchev–Trinajstić information content (AvgIpc) is 2.20. The molecule has 1 aromatic rings. The third-order valence-corrected chi connectivity index (χ3v) is 1.47. The molecule has 15 heavy (non-hydrogen) atoms. The van der Waals surface area contributed by atoms with Crippen LogP contribution in [0.1, 0.15) is 5.56 Å². The first-order valence-corrected chi connectivity index (χ1v) is 3.83. The molecule has 0 radical (unpaired) electrons. The molecule has 0 unspecified atom stereocenters. The van der Waals surface area contributed by atoms with E-state index in [4.69, 9.17) is 10.6 Å². The molecule has 4 nitrogen and oxygen atoms in total. The number of aromatic hydroxyl groups is 1. The van der Waals surface area contributed by atoms with Gasteiger partial charge < -0.3 is 5.11 Å². The Balaban J connectivity index is 2.98. The van der Waals surface area contributed by atoms with Gasteiger partial charge in [-0.3, -0.25) is 0 Å². The van der Waals surface area contributed by atoms with E-state index in [1.165, 1.54) is 0 Å². The van der Waals surface area contributed by atoms with Gasteiger partial charge in [0.15, 0.2) is 11.6 Å². The highest BCUT2D eigenvalue weighted by molar-refractivity contribution is 5.45. The first-order valence-electron chi connectivity index (χ1n) is 3.83. The van der Waals surface area contributed by atoms with Crippen molar-refractivity contribution in [2.24, 2.45) is 5.11 Å². The predicted molar refractivity (Wildman–Crippen MR) is 48.9 cm³/mol. The number of azide groups is 1. The minimum atomic E-state index is -1.15. The monoisotopic (exact) mass is 209 g/mol. The molecule has 0 bridgehead atoms. The van der Waals surface area contributed by atoms with Crippen LogP contribution < -0.4 is 0 Å². The standard InChI is InChI=1S/C9H5F2N3O/c10-7-4-6(2-1-3-13-14-12)9(15)5-8(7)11/h4-5,15H,3H2. The van der Waals surface area contributed by atoms with E-state index in [-0.39, 0.29) is 12.1 Å². The number of nitrogens with zero attached hydrogens (tertiary/aromatic N) is 3. The second-order valence-electron chi connectivity index (χ2n) is 2.47. The van der Waals surface area contributed by atoms with Crippen molar-refractivity contribution in [1.29, 1.82) is 0 Å². The van der Waals surface area contributed by atoms with Gasteiger partial charge in [-0.1, -0.05) is 17.0 Å². The summed E-state index contributed by atoms with van der Waals surface area (Å²) >= 11 is 0. The minimum Gasteiger partial charge on any atom is -0.507 e. The summed E-state index contributed by atoms with van der Waals surface area (Å²) in [6.45, 7) is -0.102. The molecule has 0 atom stereocenters. The third kappa shape index (κ3) is 2.86. The first-order chi connectivity index (χ1) is 7.15. The summed E-state index contributed by atoms with van der Waals surface area (Å²) < 4.78 is 25.3. The van der Waals surface area contributed by atoms with Crippen molar-refractivity contribution in [2.75, 3.05) is 6.54 Å². The molecule has 1 aromatic carbocycles. The van der Waals surface area contributed by atoms with Crippen LogP contribution in [0.2, 0.25) is 0 Å². The van der Waals surface area contributed by atoms with Crippen LogP contribution in [0.4, 0.5) is 8.78 Å². The fraction of sp³-hybridized carbons (Fsp3) is 0.111. The molecule has 0 amide bonds. The Morgan fingerprint density at radius 1 is 1.40 bits per heavy atom. The smallest absolute Gasteiger partial charge is 0.162 e. The van der Waals surface area contributed by atoms with E-state index < -0.39 is 17.4 Å². The summed E-state index contributed by atoms with van der Waals surface area (Å²) in [6.07, 6.45) is 0. The third-order valence-electron chi connectivity index (χ3n) is 1.47. The molecule has 6 heteroatoms. The molecule has 0 aromatic heterocycles. The van der Waals surface area contributed by atoms with E-state index in [2.05, 4.69) is 21.9 Å². The van der Waals surface area contributed by atoms with Crippen molar-refractivity contribution in [3.8, 4) is 17.6 Å². The zero-order chi connectivity index (χ0) is 11.3. The van der Waals surface area contributed by atoms with Crippen LogP contribution >= 0.6 is 0 Å². The van der Waals surface area contributed by atoms with Crippen molar-refractivity contribution in [2.45, 2.75) is 0 Å². The second-order valence-corrected chi connectivity index (χ2v) is 2.47. The van der Waals surface area contributed by atoms with Gasteiger partial charge in [-0.25, -0.2) is 8.78 Å². The maximum Gasteiger partial charge on any atom is 0.162 e. The van der Waals surface area contributed by atoms with E-state index in [0.29, 0.717) is 6.07 Å². The highest BCUT2D eigenvalue weighted by Crippen LogP contribution is 2.19. The molecule has 0 fully saturated rings. The van der Waals surface area contributed by atoms with Crippen molar-refractivity contribution >= 4 is 0 Å². The maximum atomic E-state index is 12.7. The molecular formula is C9H5F2N3O. The predicted octanol–water partition coefficient (Wildman–Crippen LogP) is 2.33. The molecule has 0 saturated carbocycles. The van der Waals surface area contributed by atoms with Gasteiger partial charge in [0, 0.05) is 11.0 Å². The molecule has 1 rings (SSSR count). The van der Waals surface area contributed by atoms with Crippen LogP contribution in [0.15, 0.2) is 17.2 Å². The van der Waals surface area contributed by atoms with Gasteiger partial charge in [0.25, 0.3) is 0 Å². The van der Waals surface area contributed by atoms with Crippen LogP contribution in [0.25, 0.3) is 10.4 Å². The summed E-state index contributed by atoms with van der Waals surface area (Å²) in [5.41, 5.74) is 7.88. The van der Waals surface area contributed by atoms with Gasteiger partial charge in [0.2, 0.25) is 0 Å². The Morgan fingerprint density at radius 2 is 2.07 bits per heavy atom. The minimum absolute atomic E-state index is 0.0537. The van der Waals surface area contributed by atoms with Gasteiger partial charge in [0.1, 0.15) is 5.75 Å². The molecule has 1 N–H and O–H groups in total. The normalized spacial score (nSPS) is 8.67. The Bertz CT molecular complexity index is 484. The topological polar surface area (TPSA) is 69.0 Å². The highest BCUT2D eigenvalue weighted by Gasteiger charge is 2.06. The summed E-state index contributed by atoms with van der Waals surface area (Å²) in [4.78, 5) is 2.45. The van der Waals surface area contributed by atoms with Gasteiger partial charge >= 0.3 is 0 Å². The summed E-state index contributed by atoms with van der Waals surface area (Å²) in [5, 5.41) is 12.3. The van der Waals surface area contributed by atoms with Gasteiger partial charge in [-0.15, -0.1) is 0 Å². The lowest BCUT2D eigenvalue weighted by Gasteiger charge is -1.97. The zero-order valence-electron chi connectivity index (χ0n) is 7.41. The molecule has 76 valence electrons. The number of hydrogen-bond donors (Lipinski definition) is 1. The Kier molecular flexibility index (Phi) is 3.49. The van der Waals surface area contributed by atoms with Crippen molar-refractivity contribution in [3.05, 3.63) is 39.8 Å². The summed E-state index contributed by atoms with van der Waals surface area (Å²) in [5.74, 6) is 2.02. The number of halogens is 2. The van der Waals surface area contributed by atoms with Gasteiger partial charge in [0.05, 0.1) is 12.1 Å². The highest BCUT2D eigenvalue weighted by atomic mass is 19.2. The van der Waals surface area contributed by atoms with Crippen molar-refractivity contribution in [1.82, 2.24) is 0 Å². The molecule has 0 aliphatic carbocycles. The number of rotatable bonds is 1. The van der Waals surface area contributed by atoms with Crippen LogP contribution in [-0.2, 0) is 0 Å². The quantitative estimate of drug-likeness (QED) is 0.328. The van der Waals surface area contributed by atoms with E-state index in [0.717, 1.165) is 6.07 Å². The lowest BCUT2D eigenvalue weighted by atomic mass is 10.2. The summed E-state index contributed by atoms with van der Waals surface area (Å²) in [7, 11) is 0. The van der Waals surface area contributed by atoms with E-state index in [1.54, 1.807) is 0 Å². The van der Waals surface area contributed by atoms with Gasteiger partial charge in [-0.2, -0.15) is 0 Å². The van der Waals surface area contributed by atoms with Crippen molar-refractivity contribution < 1.29 is 13.9 Å². The molecule has 0 aliphatic heterocycles. The Hall–Kier alpha value is -2.25. The largest absolute Gasteiger partial charge is 0.507 e. The second kappa shape index (κ2) is 4.84. The molecule has 0 saturated heterocycles. The maximum absolute atomic E-state index is 12.7. The Morgan fingerprint density at radius 3 is 2.73 bits per heavy atom. The fourth-order valence-electron chi connectivity index (χ4n) is 0.838. The SMILES string of the molecule is [N-]=[N+]=NCC#Cc1cc(F)c(F)cc1O. The molecule has 0 aliphatic rings. The van der Waals surface area contributed by atoms with Crippen LogP contribution in [0.5, 0.6) is 5.75 Å².